The topological polar surface area (TPSA) is 110 Å². The molecular weight excluding hydrogens is 1010 g/mol. The molecule has 82 heavy (non-hydrogen) atoms. The third-order valence-corrected chi connectivity index (χ3v) is 14.5. The predicted molar refractivity (Wildman–Crippen MR) is 328 cm³/mol. The van der Waals surface area contributed by atoms with Crippen molar-refractivity contribution in [1.29, 1.82) is 0 Å². The van der Waals surface area contributed by atoms with E-state index < -0.39 is 0 Å². The molecule has 0 aliphatic heterocycles. The van der Waals surface area contributed by atoms with E-state index in [1.165, 1.54) is 0 Å². The standard InChI is InChI=1S/C72H48N8O2/c1-5-15-49(16-6-1)51-25-37-59(38-26-51)79(63-45-33-57(34-46-63)71-77-75-69(81-71)55-19-9-3-10-20-55)61-41-29-53(30-42-61)67-68(74-66-24-14-13-23-65(66)73-67)54-31-43-62(44-32-54)80(60-39-27-52(28-40-60)50-17-7-2-8-18-50)64-47-35-58(36-48-64)72-78-76-70(82-72)56-21-11-4-12-22-56/h1-48H. The summed E-state index contributed by atoms with van der Waals surface area (Å²) >= 11 is 0. The Bertz CT molecular complexity index is 4150. The number of hydrogen-bond donors (Lipinski definition) is 0. The van der Waals surface area contributed by atoms with Gasteiger partial charge in [-0.05, 0) is 156 Å². The number of rotatable bonds is 14. The van der Waals surface area contributed by atoms with Gasteiger partial charge in [-0.15, -0.1) is 20.4 Å². The van der Waals surface area contributed by atoms with Crippen molar-refractivity contribution >= 4 is 45.2 Å². The molecule has 3 aromatic heterocycles. The SMILES string of the molecule is c1ccc(-c2ccc(N(c3ccc(-c4nnc(-c5ccccc5)o4)cc3)c3ccc(-c4nc5ccccc5nc4-c4ccc(N(c5ccc(-c6ccccc6)cc5)c5ccc(-c6nnc(-c7ccccc7)o6)cc5)cc4)cc3)cc2)cc1. The zero-order valence-electron chi connectivity index (χ0n) is 44.1. The van der Waals surface area contributed by atoms with Crippen molar-refractivity contribution in [3.8, 4) is 90.6 Å². The molecule has 388 valence electrons. The van der Waals surface area contributed by atoms with Crippen LogP contribution >= 0.6 is 0 Å². The van der Waals surface area contributed by atoms with E-state index >= 15 is 0 Å². The molecule has 10 heteroatoms. The Balaban J connectivity index is 0.804. The number of fused-ring (bicyclic) bond motifs is 1. The highest BCUT2D eigenvalue weighted by atomic mass is 16.4. The summed E-state index contributed by atoms with van der Waals surface area (Å²) in [5.74, 6) is 1.85. The maximum Gasteiger partial charge on any atom is 0.248 e. The van der Waals surface area contributed by atoms with Gasteiger partial charge >= 0.3 is 0 Å². The van der Waals surface area contributed by atoms with E-state index in [2.05, 4.69) is 200 Å². The monoisotopic (exact) mass is 1060 g/mol. The maximum absolute atomic E-state index is 6.15. The van der Waals surface area contributed by atoms with Gasteiger partial charge in [-0.2, -0.15) is 0 Å². The Labute approximate surface area is 473 Å². The van der Waals surface area contributed by atoms with Gasteiger partial charge in [0.1, 0.15) is 0 Å². The summed E-state index contributed by atoms with van der Waals surface area (Å²) in [6.45, 7) is 0. The van der Waals surface area contributed by atoms with E-state index in [1.54, 1.807) is 0 Å². The number of para-hydroxylation sites is 2. The van der Waals surface area contributed by atoms with E-state index in [-0.39, 0.29) is 0 Å². The van der Waals surface area contributed by atoms with Gasteiger partial charge in [0.2, 0.25) is 23.6 Å². The van der Waals surface area contributed by atoms with Crippen LogP contribution in [0.1, 0.15) is 0 Å². The minimum absolute atomic E-state index is 0.451. The molecule has 0 N–H and O–H groups in total. The first-order valence-electron chi connectivity index (χ1n) is 27.0. The highest BCUT2D eigenvalue weighted by Crippen LogP contribution is 2.42. The summed E-state index contributed by atoms with van der Waals surface area (Å²) in [5.41, 5.74) is 18.8. The van der Waals surface area contributed by atoms with Crippen LogP contribution in [-0.4, -0.2) is 30.4 Å². The fourth-order valence-electron chi connectivity index (χ4n) is 10.3. The molecule has 0 aliphatic rings. The van der Waals surface area contributed by atoms with Crippen LogP contribution < -0.4 is 9.80 Å². The van der Waals surface area contributed by atoms with Gasteiger partial charge in [0.15, 0.2) is 0 Å². The van der Waals surface area contributed by atoms with Gasteiger partial charge in [-0.1, -0.05) is 158 Å². The number of hydrogen-bond acceptors (Lipinski definition) is 10. The second kappa shape index (κ2) is 21.8. The lowest BCUT2D eigenvalue weighted by molar-refractivity contribution is 0.584. The van der Waals surface area contributed by atoms with Gasteiger partial charge in [0.25, 0.3) is 0 Å². The predicted octanol–water partition coefficient (Wildman–Crippen LogP) is 18.7. The molecule has 14 aromatic rings. The van der Waals surface area contributed by atoms with Crippen LogP contribution in [0.2, 0.25) is 0 Å². The van der Waals surface area contributed by atoms with Crippen LogP contribution in [0, 0.1) is 0 Å². The van der Waals surface area contributed by atoms with E-state index in [0.29, 0.717) is 23.6 Å². The van der Waals surface area contributed by atoms with Crippen molar-refractivity contribution < 1.29 is 8.83 Å². The molecule has 0 unspecified atom stereocenters. The molecule has 0 bridgehead atoms. The fraction of sp³-hybridized carbons (Fsp3) is 0. The molecule has 14 rings (SSSR count). The average molecular weight is 1060 g/mol. The van der Waals surface area contributed by atoms with Gasteiger partial charge in [0.05, 0.1) is 22.4 Å². The molecule has 0 fully saturated rings. The molecule has 11 aromatic carbocycles. The number of benzene rings is 11. The number of aromatic nitrogens is 6. The van der Waals surface area contributed by atoms with Crippen molar-refractivity contribution in [3.63, 3.8) is 0 Å². The highest BCUT2D eigenvalue weighted by molar-refractivity contribution is 5.89. The minimum Gasteiger partial charge on any atom is -0.416 e. The molecule has 0 aliphatic carbocycles. The third-order valence-electron chi connectivity index (χ3n) is 14.5. The van der Waals surface area contributed by atoms with Crippen LogP contribution in [0.3, 0.4) is 0 Å². The molecule has 10 nitrogen and oxygen atoms in total. The van der Waals surface area contributed by atoms with Gasteiger partial charge in [-0.25, -0.2) is 9.97 Å². The summed E-state index contributed by atoms with van der Waals surface area (Å²) in [6, 6.07) is 99.4. The van der Waals surface area contributed by atoms with Crippen LogP contribution in [-0.2, 0) is 0 Å². The Kier molecular flexibility index (Phi) is 13.0. The lowest BCUT2D eigenvalue weighted by Crippen LogP contribution is -2.10. The van der Waals surface area contributed by atoms with Crippen molar-refractivity contribution in [2.45, 2.75) is 0 Å². The molecule has 0 radical (unpaired) electrons. The molecule has 0 amide bonds. The lowest BCUT2D eigenvalue weighted by Gasteiger charge is -2.26. The quantitative estimate of drug-likeness (QED) is 0.104. The first kappa shape index (κ1) is 49.0. The van der Waals surface area contributed by atoms with E-state index in [0.717, 1.165) is 112 Å². The highest BCUT2D eigenvalue weighted by Gasteiger charge is 2.21. The normalized spacial score (nSPS) is 11.2. The molecule has 3 heterocycles. The lowest BCUT2D eigenvalue weighted by atomic mass is 10.0. The summed E-state index contributed by atoms with van der Waals surface area (Å²) in [4.78, 5) is 15.1. The summed E-state index contributed by atoms with van der Waals surface area (Å²) in [5, 5.41) is 17.5. The Morgan fingerprint density at radius 2 is 0.402 bits per heavy atom. The van der Waals surface area contributed by atoms with E-state index in [4.69, 9.17) is 18.8 Å². The summed E-state index contributed by atoms with van der Waals surface area (Å²) in [6.07, 6.45) is 0. The Morgan fingerprint density at radius 1 is 0.195 bits per heavy atom. The smallest absolute Gasteiger partial charge is 0.248 e. The largest absolute Gasteiger partial charge is 0.416 e. The molecular formula is C72H48N8O2. The first-order valence-corrected chi connectivity index (χ1v) is 27.0. The fourth-order valence-corrected chi connectivity index (χ4v) is 10.3. The van der Waals surface area contributed by atoms with Crippen LogP contribution in [0.4, 0.5) is 34.1 Å². The maximum atomic E-state index is 6.15. The summed E-state index contributed by atoms with van der Waals surface area (Å²) < 4.78 is 12.3. The van der Waals surface area contributed by atoms with Gasteiger partial charge in [0, 0.05) is 67.5 Å². The van der Waals surface area contributed by atoms with Crippen molar-refractivity contribution in [2.75, 3.05) is 9.80 Å². The van der Waals surface area contributed by atoms with Crippen molar-refractivity contribution in [2.24, 2.45) is 0 Å². The van der Waals surface area contributed by atoms with Gasteiger partial charge in [-0.3, -0.25) is 0 Å². The molecule has 0 saturated heterocycles. The average Bonchev–Trinajstić information content (AvgIpc) is 4.40. The second-order valence-corrected chi connectivity index (χ2v) is 19.7. The van der Waals surface area contributed by atoms with Crippen LogP contribution in [0.5, 0.6) is 0 Å². The number of anilines is 6. The van der Waals surface area contributed by atoms with Crippen LogP contribution in [0.15, 0.2) is 300 Å². The summed E-state index contributed by atoms with van der Waals surface area (Å²) in [7, 11) is 0. The van der Waals surface area contributed by atoms with E-state index in [1.807, 2.05) is 121 Å². The Morgan fingerprint density at radius 3 is 0.683 bits per heavy atom. The first-order chi connectivity index (χ1) is 40.6. The number of nitrogens with zero attached hydrogens (tertiary/aromatic N) is 8. The second-order valence-electron chi connectivity index (χ2n) is 19.7. The molecule has 0 spiro atoms. The zero-order valence-corrected chi connectivity index (χ0v) is 44.1. The molecule has 0 saturated carbocycles. The minimum atomic E-state index is 0.451. The molecule has 0 atom stereocenters. The zero-order chi connectivity index (χ0) is 54.6. The van der Waals surface area contributed by atoms with E-state index in [9.17, 15) is 0 Å². The Hall–Kier alpha value is -11.4. The van der Waals surface area contributed by atoms with Crippen molar-refractivity contribution in [3.05, 3.63) is 291 Å². The van der Waals surface area contributed by atoms with Gasteiger partial charge < -0.3 is 18.6 Å². The van der Waals surface area contributed by atoms with Crippen LogP contribution in [0.25, 0.3) is 102 Å². The van der Waals surface area contributed by atoms with Crippen molar-refractivity contribution in [1.82, 2.24) is 30.4 Å². The third kappa shape index (κ3) is 9.95.